The van der Waals surface area contributed by atoms with Gasteiger partial charge in [0.25, 0.3) is 5.91 Å². The van der Waals surface area contributed by atoms with E-state index in [4.69, 9.17) is 0 Å². The molecule has 0 atom stereocenters. The van der Waals surface area contributed by atoms with Crippen molar-refractivity contribution in [1.82, 2.24) is 0 Å². The Kier molecular flexibility index (Phi) is 5.12. The van der Waals surface area contributed by atoms with Gasteiger partial charge in [-0.2, -0.15) is 0 Å². The van der Waals surface area contributed by atoms with Gasteiger partial charge in [0.1, 0.15) is 0 Å². The fourth-order valence-electron chi connectivity index (χ4n) is 2.22. The third kappa shape index (κ3) is 3.69. The number of halogens is 1. The number of hydrogen-bond acceptors (Lipinski definition) is 2. The Labute approximate surface area is 139 Å². The molecule has 2 aromatic carbocycles. The second kappa shape index (κ2) is 6.67. The quantitative estimate of drug-likeness (QED) is 0.700. The fourth-order valence-corrected chi connectivity index (χ4v) is 3.07. The zero-order valence-corrected chi connectivity index (χ0v) is 14.8. The fraction of sp³-hybridized carbons (Fsp3) is 0.235. The largest absolute Gasteiger partial charge is 0.321 e. The van der Waals surface area contributed by atoms with Crippen molar-refractivity contribution in [3.63, 3.8) is 0 Å². The highest BCUT2D eigenvalue weighted by atomic mass is 79.9. The summed E-state index contributed by atoms with van der Waals surface area (Å²) in [5, 5.41) is 3.03. The minimum absolute atomic E-state index is 0.135. The van der Waals surface area contributed by atoms with Crippen LogP contribution in [-0.4, -0.2) is 5.91 Å². The Hall–Kier alpha value is -1.26. The SMILES string of the molecule is Cc1cccc(C(C)C)c1NC(=O)c1ccc(Br)cc1S. The molecule has 0 spiro atoms. The van der Waals surface area contributed by atoms with E-state index in [1.807, 2.05) is 31.2 Å². The van der Waals surface area contributed by atoms with Crippen LogP contribution in [0.2, 0.25) is 0 Å². The summed E-state index contributed by atoms with van der Waals surface area (Å²) in [6.07, 6.45) is 0. The molecule has 1 amide bonds. The number of rotatable bonds is 3. The summed E-state index contributed by atoms with van der Waals surface area (Å²) in [6.45, 7) is 6.24. The van der Waals surface area contributed by atoms with Crippen molar-refractivity contribution in [2.24, 2.45) is 0 Å². The molecule has 0 aromatic heterocycles. The third-order valence-corrected chi connectivity index (χ3v) is 4.23. The van der Waals surface area contributed by atoms with Gasteiger partial charge in [0, 0.05) is 15.1 Å². The van der Waals surface area contributed by atoms with Crippen LogP contribution in [0.1, 0.15) is 41.3 Å². The molecule has 0 aliphatic rings. The number of carbonyl (C=O) groups excluding carboxylic acids is 1. The summed E-state index contributed by atoms with van der Waals surface area (Å²) in [4.78, 5) is 13.2. The monoisotopic (exact) mass is 363 g/mol. The first-order valence-corrected chi connectivity index (χ1v) is 8.03. The van der Waals surface area contributed by atoms with Crippen molar-refractivity contribution in [2.75, 3.05) is 5.32 Å². The van der Waals surface area contributed by atoms with Crippen molar-refractivity contribution in [2.45, 2.75) is 31.6 Å². The smallest absolute Gasteiger partial charge is 0.256 e. The van der Waals surface area contributed by atoms with Crippen LogP contribution in [0.3, 0.4) is 0 Å². The number of para-hydroxylation sites is 1. The number of nitrogens with one attached hydrogen (secondary N) is 1. The summed E-state index contributed by atoms with van der Waals surface area (Å²) in [6, 6.07) is 11.5. The molecular weight excluding hydrogens is 346 g/mol. The van der Waals surface area contributed by atoms with Crippen LogP contribution in [0, 0.1) is 6.92 Å². The summed E-state index contributed by atoms with van der Waals surface area (Å²) in [5.41, 5.74) is 3.67. The average Bonchev–Trinajstić information content (AvgIpc) is 2.40. The van der Waals surface area contributed by atoms with E-state index in [2.05, 4.69) is 53.8 Å². The summed E-state index contributed by atoms with van der Waals surface area (Å²) >= 11 is 7.75. The van der Waals surface area contributed by atoms with Crippen LogP contribution < -0.4 is 5.32 Å². The van der Waals surface area contributed by atoms with Crippen molar-refractivity contribution in [3.8, 4) is 0 Å². The van der Waals surface area contributed by atoms with Crippen LogP contribution in [0.25, 0.3) is 0 Å². The Morgan fingerprint density at radius 3 is 2.57 bits per heavy atom. The molecular formula is C17H18BrNOS. The summed E-state index contributed by atoms with van der Waals surface area (Å²) in [7, 11) is 0. The molecule has 0 aliphatic heterocycles. The number of aryl methyl sites for hydroxylation is 1. The van der Waals surface area contributed by atoms with Crippen LogP contribution >= 0.6 is 28.6 Å². The van der Waals surface area contributed by atoms with E-state index < -0.39 is 0 Å². The maximum absolute atomic E-state index is 12.5. The van der Waals surface area contributed by atoms with Gasteiger partial charge in [0.05, 0.1) is 5.56 Å². The highest BCUT2D eigenvalue weighted by Gasteiger charge is 2.15. The van der Waals surface area contributed by atoms with E-state index in [0.29, 0.717) is 16.4 Å². The predicted molar refractivity (Wildman–Crippen MR) is 94.6 cm³/mol. The highest BCUT2D eigenvalue weighted by Crippen LogP contribution is 2.28. The van der Waals surface area contributed by atoms with E-state index in [-0.39, 0.29) is 5.91 Å². The Balaban J connectivity index is 2.36. The second-order valence-corrected chi connectivity index (χ2v) is 6.71. The van der Waals surface area contributed by atoms with Crippen molar-refractivity contribution < 1.29 is 4.79 Å². The molecule has 4 heteroatoms. The molecule has 0 aliphatic carbocycles. The Bertz CT molecular complexity index is 682. The molecule has 0 heterocycles. The summed E-state index contributed by atoms with van der Waals surface area (Å²) < 4.78 is 0.905. The Morgan fingerprint density at radius 2 is 1.95 bits per heavy atom. The van der Waals surface area contributed by atoms with Crippen LogP contribution in [-0.2, 0) is 0 Å². The van der Waals surface area contributed by atoms with Crippen LogP contribution in [0.4, 0.5) is 5.69 Å². The molecule has 21 heavy (non-hydrogen) atoms. The number of thiol groups is 1. The first kappa shape index (κ1) is 16.1. The lowest BCUT2D eigenvalue weighted by molar-refractivity contribution is 0.102. The first-order valence-electron chi connectivity index (χ1n) is 6.79. The number of anilines is 1. The minimum Gasteiger partial charge on any atom is -0.321 e. The highest BCUT2D eigenvalue weighted by molar-refractivity contribution is 9.10. The zero-order valence-electron chi connectivity index (χ0n) is 12.3. The van der Waals surface area contributed by atoms with E-state index in [1.54, 1.807) is 6.07 Å². The molecule has 1 N–H and O–H groups in total. The molecule has 2 aromatic rings. The van der Waals surface area contributed by atoms with Crippen LogP contribution in [0.5, 0.6) is 0 Å². The van der Waals surface area contributed by atoms with Gasteiger partial charge in [-0.1, -0.05) is 48.0 Å². The van der Waals surface area contributed by atoms with Gasteiger partial charge in [-0.3, -0.25) is 4.79 Å². The molecule has 0 saturated carbocycles. The maximum Gasteiger partial charge on any atom is 0.256 e. The van der Waals surface area contributed by atoms with Gasteiger partial charge in [0.2, 0.25) is 0 Å². The zero-order chi connectivity index (χ0) is 15.6. The van der Waals surface area contributed by atoms with Gasteiger partial charge in [-0.05, 0) is 42.2 Å². The average molecular weight is 364 g/mol. The molecule has 0 saturated heterocycles. The topological polar surface area (TPSA) is 29.1 Å². The minimum atomic E-state index is -0.135. The lowest BCUT2D eigenvalue weighted by Gasteiger charge is -2.17. The number of benzene rings is 2. The number of hydrogen-bond donors (Lipinski definition) is 2. The van der Waals surface area contributed by atoms with Gasteiger partial charge < -0.3 is 5.32 Å². The number of carbonyl (C=O) groups is 1. The predicted octanol–water partition coefficient (Wildman–Crippen LogP) is 5.42. The maximum atomic E-state index is 12.5. The lowest BCUT2D eigenvalue weighted by Crippen LogP contribution is -2.15. The van der Waals surface area contributed by atoms with E-state index in [0.717, 1.165) is 21.3 Å². The van der Waals surface area contributed by atoms with E-state index >= 15 is 0 Å². The summed E-state index contributed by atoms with van der Waals surface area (Å²) in [5.74, 6) is 0.212. The first-order chi connectivity index (χ1) is 9.90. The third-order valence-electron chi connectivity index (χ3n) is 3.37. The molecule has 2 nitrogen and oxygen atoms in total. The van der Waals surface area contributed by atoms with Gasteiger partial charge in [-0.15, -0.1) is 12.6 Å². The molecule has 0 unspecified atom stereocenters. The van der Waals surface area contributed by atoms with Crippen molar-refractivity contribution in [1.29, 1.82) is 0 Å². The standard InChI is InChI=1S/C17H18BrNOS/c1-10(2)13-6-4-5-11(3)16(13)19-17(20)14-8-7-12(18)9-15(14)21/h4-10,21H,1-3H3,(H,19,20). The molecule has 0 fully saturated rings. The van der Waals surface area contributed by atoms with Gasteiger partial charge in [-0.25, -0.2) is 0 Å². The second-order valence-electron chi connectivity index (χ2n) is 5.31. The normalized spacial score (nSPS) is 10.8. The molecule has 110 valence electrons. The van der Waals surface area contributed by atoms with Gasteiger partial charge in [0.15, 0.2) is 0 Å². The molecule has 0 bridgehead atoms. The van der Waals surface area contributed by atoms with E-state index in [9.17, 15) is 4.79 Å². The number of amides is 1. The van der Waals surface area contributed by atoms with Crippen molar-refractivity contribution in [3.05, 3.63) is 57.6 Å². The van der Waals surface area contributed by atoms with E-state index in [1.165, 1.54) is 0 Å². The molecule has 2 rings (SSSR count). The lowest BCUT2D eigenvalue weighted by atomic mass is 9.98. The Morgan fingerprint density at radius 1 is 1.24 bits per heavy atom. The van der Waals surface area contributed by atoms with Crippen molar-refractivity contribution >= 4 is 40.2 Å². The van der Waals surface area contributed by atoms with Gasteiger partial charge >= 0.3 is 0 Å². The molecule has 0 radical (unpaired) electrons. The van der Waals surface area contributed by atoms with Crippen LogP contribution in [0.15, 0.2) is 45.8 Å².